The molecule has 0 bridgehead atoms. The van der Waals surface area contributed by atoms with Crippen molar-refractivity contribution in [3.05, 3.63) is 0 Å². The number of amides is 1. The second-order valence-corrected chi connectivity index (χ2v) is 6.42. The second kappa shape index (κ2) is 14.2. The van der Waals surface area contributed by atoms with Gasteiger partial charge in [-0.3, -0.25) is 14.4 Å². The van der Waals surface area contributed by atoms with Crippen molar-refractivity contribution in [2.75, 3.05) is 46.2 Å². The zero-order valence-corrected chi connectivity index (χ0v) is 17.2. The quantitative estimate of drug-likeness (QED) is 0.284. The number of carbonyl (C=O) groups is 3. The molecule has 0 aromatic rings. The monoisotopic (exact) mass is 420 g/mol. The highest BCUT2D eigenvalue weighted by atomic mass is 16.7. The van der Waals surface area contributed by atoms with Gasteiger partial charge in [0.05, 0.1) is 39.1 Å². The average molecular weight is 420 g/mol. The van der Waals surface area contributed by atoms with Crippen molar-refractivity contribution in [3.8, 4) is 0 Å². The van der Waals surface area contributed by atoms with Crippen molar-refractivity contribution in [2.24, 2.45) is 5.73 Å². The highest BCUT2D eigenvalue weighted by Crippen LogP contribution is 2.24. The molecule has 4 unspecified atom stereocenters. The fourth-order valence-electron chi connectivity index (χ4n) is 2.73. The van der Waals surface area contributed by atoms with Gasteiger partial charge in [-0.15, -0.1) is 0 Å². The summed E-state index contributed by atoms with van der Waals surface area (Å²) in [6.45, 7) is 6.05. The van der Waals surface area contributed by atoms with Crippen LogP contribution in [0.2, 0.25) is 0 Å². The van der Waals surface area contributed by atoms with Crippen LogP contribution in [0.3, 0.4) is 0 Å². The van der Waals surface area contributed by atoms with Crippen LogP contribution in [-0.4, -0.2) is 88.6 Å². The number of nitrogens with two attached hydrogens (primary N) is 1. The Bertz CT molecular complexity index is 518. The van der Waals surface area contributed by atoms with E-state index >= 15 is 0 Å². The summed E-state index contributed by atoms with van der Waals surface area (Å²) in [6.07, 6.45) is -1.91. The molecule has 11 nitrogen and oxygen atoms in total. The van der Waals surface area contributed by atoms with Gasteiger partial charge in [0.2, 0.25) is 5.91 Å². The van der Waals surface area contributed by atoms with Gasteiger partial charge < -0.3 is 39.5 Å². The van der Waals surface area contributed by atoms with Gasteiger partial charge in [-0.2, -0.15) is 0 Å². The van der Waals surface area contributed by atoms with E-state index in [0.717, 1.165) is 0 Å². The fraction of sp³-hybridized carbons (Fsp3) is 0.833. The minimum absolute atomic E-state index is 0.0191. The standard InChI is InChI=1S/C18H32N2O9/c1-12(21)20-17-16(28-14(3)23)10-15(11-27-13(2)22)29-18(17)26-9-8-25-7-6-24-5-4-19/h15-18H,4-11,19H2,1-3H3,(H,20,21). The maximum absolute atomic E-state index is 11.6. The van der Waals surface area contributed by atoms with E-state index in [1.165, 1.54) is 20.8 Å². The van der Waals surface area contributed by atoms with E-state index in [2.05, 4.69) is 5.32 Å². The molecule has 0 radical (unpaired) electrons. The van der Waals surface area contributed by atoms with Gasteiger partial charge in [0.1, 0.15) is 18.8 Å². The molecular formula is C18H32N2O9. The SMILES string of the molecule is CC(=O)NC1C(OC(C)=O)CC(COC(C)=O)OC1OCCOCCOCCN. The molecule has 168 valence electrons. The Morgan fingerprint density at radius 1 is 1.00 bits per heavy atom. The van der Waals surface area contributed by atoms with Crippen LogP contribution in [0.25, 0.3) is 0 Å². The second-order valence-electron chi connectivity index (χ2n) is 6.42. The number of esters is 2. The summed E-state index contributed by atoms with van der Waals surface area (Å²) in [4.78, 5) is 34.2. The van der Waals surface area contributed by atoms with Crippen LogP contribution in [0.4, 0.5) is 0 Å². The lowest BCUT2D eigenvalue weighted by Gasteiger charge is -2.40. The minimum Gasteiger partial charge on any atom is -0.463 e. The van der Waals surface area contributed by atoms with Crippen molar-refractivity contribution in [1.29, 1.82) is 0 Å². The van der Waals surface area contributed by atoms with E-state index in [1.807, 2.05) is 0 Å². The van der Waals surface area contributed by atoms with Crippen molar-refractivity contribution in [2.45, 2.75) is 51.7 Å². The molecule has 0 spiro atoms. The molecule has 1 aliphatic heterocycles. The Labute approximate surface area is 170 Å². The Hall–Kier alpha value is -1.79. The van der Waals surface area contributed by atoms with Gasteiger partial charge in [0, 0.05) is 33.7 Å². The lowest BCUT2D eigenvalue weighted by Crippen LogP contribution is -2.59. The molecule has 1 fully saturated rings. The molecule has 11 heteroatoms. The van der Waals surface area contributed by atoms with Crippen LogP contribution in [0.15, 0.2) is 0 Å². The Balaban J connectivity index is 2.63. The number of ether oxygens (including phenoxy) is 6. The summed E-state index contributed by atoms with van der Waals surface area (Å²) in [5.74, 6) is -1.28. The molecule has 3 N–H and O–H groups in total. The summed E-state index contributed by atoms with van der Waals surface area (Å²) in [5.41, 5.74) is 5.32. The number of hydrogen-bond donors (Lipinski definition) is 2. The van der Waals surface area contributed by atoms with Crippen LogP contribution in [0.1, 0.15) is 27.2 Å². The summed E-state index contributed by atoms with van der Waals surface area (Å²) >= 11 is 0. The van der Waals surface area contributed by atoms with Crippen molar-refractivity contribution in [3.63, 3.8) is 0 Å². The minimum atomic E-state index is -0.908. The Morgan fingerprint density at radius 2 is 1.66 bits per heavy atom. The fourth-order valence-corrected chi connectivity index (χ4v) is 2.73. The zero-order valence-electron chi connectivity index (χ0n) is 17.2. The first-order valence-corrected chi connectivity index (χ1v) is 9.53. The molecule has 1 heterocycles. The summed E-state index contributed by atoms with van der Waals surface area (Å²) < 4.78 is 32.5. The molecule has 0 aromatic heterocycles. The number of hydrogen-bond acceptors (Lipinski definition) is 10. The first kappa shape index (κ1) is 25.2. The Morgan fingerprint density at radius 3 is 2.24 bits per heavy atom. The van der Waals surface area contributed by atoms with E-state index in [-0.39, 0.29) is 32.1 Å². The first-order chi connectivity index (χ1) is 13.8. The third-order valence-electron chi connectivity index (χ3n) is 3.82. The lowest BCUT2D eigenvalue weighted by atomic mass is 9.99. The van der Waals surface area contributed by atoms with Gasteiger partial charge in [-0.25, -0.2) is 0 Å². The van der Waals surface area contributed by atoms with Crippen LogP contribution in [0.5, 0.6) is 0 Å². The topological polar surface area (TPSA) is 145 Å². The van der Waals surface area contributed by atoms with Gasteiger partial charge in [0.25, 0.3) is 0 Å². The lowest BCUT2D eigenvalue weighted by molar-refractivity contribution is -0.245. The predicted octanol–water partition coefficient (Wildman–Crippen LogP) is -0.891. The van der Waals surface area contributed by atoms with Crippen molar-refractivity contribution >= 4 is 17.8 Å². The smallest absolute Gasteiger partial charge is 0.302 e. The van der Waals surface area contributed by atoms with Gasteiger partial charge >= 0.3 is 11.9 Å². The molecule has 0 aromatic carbocycles. The molecule has 1 saturated heterocycles. The first-order valence-electron chi connectivity index (χ1n) is 9.53. The Kier molecular flexibility index (Phi) is 12.4. The maximum atomic E-state index is 11.6. The average Bonchev–Trinajstić information content (AvgIpc) is 2.63. The molecule has 4 atom stereocenters. The third-order valence-corrected chi connectivity index (χ3v) is 3.82. The van der Waals surface area contributed by atoms with E-state index in [0.29, 0.717) is 26.4 Å². The molecule has 1 aliphatic rings. The number of nitrogens with one attached hydrogen (secondary N) is 1. The normalized spacial score (nSPS) is 24.0. The molecule has 0 saturated carbocycles. The molecular weight excluding hydrogens is 388 g/mol. The number of carbonyl (C=O) groups excluding carboxylic acids is 3. The maximum Gasteiger partial charge on any atom is 0.302 e. The molecule has 1 amide bonds. The zero-order chi connectivity index (χ0) is 21.6. The summed E-state index contributed by atoms with van der Waals surface area (Å²) in [5, 5.41) is 2.70. The van der Waals surface area contributed by atoms with E-state index in [1.54, 1.807) is 0 Å². The summed E-state index contributed by atoms with van der Waals surface area (Å²) in [7, 11) is 0. The highest BCUT2D eigenvalue weighted by molar-refractivity contribution is 5.73. The third kappa shape index (κ3) is 11.1. The largest absolute Gasteiger partial charge is 0.463 e. The van der Waals surface area contributed by atoms with E-state index < -0.39 is 36.5 Å². The van der Waals surface area contributed by atoms with Crippen LogP contribution < -0.4 is 11.1 Å². The predicted molar refractivity (Wildman–Crippen MR) is 99.7 cm³/mol. The summed E-state index contributed by atoms with van der Waals surface area (Å²) in [6, 6.07) is -0.710. The molecule has 29 heavy (non-hydrogen) atoms. The van der Waals surface area contributed by atoms with Crippen LogP contribution in [-0.2, 0) is 42.8 Å². The van der Waals surface area contributed by atoms with Crippen molar-refractivity contribution < 1.29 is 42.8 Å². The van der Waals surface area contributed by atoms with Crippen LogP contribution >= 0.6 is 0 Å². The molecule has 1 rings (SSSR count). The van der Waals surface area contributed by atoms with Gasteiger partial charge in [-0.05, 0) is 0 Å². The van der Waals surface area contributed by atoms with Gasteiger partial charge in [-0.1, -0.05) is 0 Å². The van der Waals surface area contributed by atoms with E-state index in [4.69, 9.17) is 34.2 Å². The highest BCUT2D eigenvalue weighted by Gasteiger charge is 2.42. The number of rotatable bonds is 13. The van der Waals surface area contributed by atoms with Crippen molar-refractivity contribution in [1.82, 2.24) is 5.32 Å². The van der Waals surface area contributed by atoms with E-state index in [9.17, 15) is 14.4 Å². The van der Waals surface area contributed by atoms with Crippen LogP contribution in [0, 0.1) is 0 Å². The molecule has 0 aliphatic carbocycles. The van der Waals surface area contributed by atoms with Gasteiger partial charge in [0.15, 0.2) is 6.29 Å².